The van der Waals surface area contributed by atoms with Crippen LogP contribution in [0.1, 0.15) is 12.8 Å². The van der Waals surface area contributed by atoms with Gasteiger partial charge in [-0.25, -0.2) is 0 Å². The third-order valence-corrected chi connectivity index (χ3v) is 4.72. The normalized spacial score (nSPS) is 33.2. The van der Waals surface area contributed by atoms with Crippen molar-refractivity contribution in [3.8, 4) is 5.75 Å². The number of anilines is 1. The Labute approximate surface area is 114 Å². The summed E-state index contributed by atoms with van der Waals surface area (Å²) in [7, 11) is 1.69. The first-order chi connectivity index (χ1) is 9.25. The van der Waals surface area contributed by atoms with Crippen molar-refractivity contribution >= 4 is 5.69 Å². The van der Waals surface area contributed by atoms with Crippen molar-refractivity contribution in [3.05, 3.63) is 24.3 Å². The second-order valence-corrected chi connectivity index (χ2v) is 5.76. The Hall–Kier alpha value is -1.26. The average Bonchev–Trinajstić information content (AvgIpc) is 2.49. The third-order valence-electron chi connectivity index (χ3n) is 4.72. The van der Waals surface area contributed by atoms with Crippen molar-refractivity contribution in [3.63, 3.8) is 0 Å². The summed E-state index contributed by atoms with van der Waals surface area (Å²) in [6.07, 6.45) is 2.53. The summed E-state index contributed by atoms with van der Waals surface area (Å²) < 4.78 is 5.20. The smallest absolute Gasteiger partial charge is 0.119 e. The van der Waals surface area contributed by atoms with Gasteiger partial charge < -0.3 is 20.7 Å². The number of ether oxygens (including phenoxy) is 1. The molecule has 0 spiro atoms. The van der Waals surface area contributed by atoms with Crippen molar-refractivity contribution < 1.29 is 4.74 Å². The number of rotatable bonds is 4. The zero-order valence-electron chi connectivity index (χ0n) is 11.6. The molecule has 3 saturated heterocycles. The van der Waals surface area contributed by atoms with Crippen LogP contribution in [0, 0.1) is 5.92 Å². The van der Waals surface area contributed by atoms with Crippen LogP contribution in [0.25, 0.3) is 0 Å². The fourth-order valence-electron chi connectivity index (χ4n) is 3.56. The maximum Gasteiger partial charge on any atom is 0.119 e. The first-order valence-corrected chi connectivity index (χ1v) is 7.10. The molecule has 0 radical (unpaired) electrons. The van der Waals surface area contributed by atoms with Crippen LogP contribution in [-0.2, 0) is 0 Å². The lowest BCUT2D eigenvalue weighted by Crippen LogP contribution is -2.66. The zero-order chi connectivity index (χ0) is 13.3. The first-order valence-electron chi connectivity index (χ1n) is 7.10. The van der Waals surface area contributed by atoms with E-state index in [0.29, 0.717) is 12.5 Å². The van der Waals surface area contributed by atoms with Crippen LogP contribution in [-0.4, -0.2) is 43.7 Å². The highest BCUT2D eigenvalue weighted by molar-refractivity contribution is 5.49. The minimum atomic E-state index is 0.0467. The molecule has 3 N–H and O–H groups in total. The van der Waals surface area contributed by atoms with Crippen LogP contribution in [0.3, 0.4) is 0 Å². The quantitative estimate of drug-likeness (QED) is 0.863. The topological polar surface area (TPSA) is 50.5 Å². The van der Waals surface area contributed by atoms with Gasteiger partial charge in [-0.05, 0) is 56.1 Å². The lowest BCUT2D eigenvalue weighted by Gasteiger charge is -2.53. The zero-order valence-corrected chi connectivity index (χ0v) is 11.6. The minimum Gasteiger partial charge on any atom is -0.497 e. The molecular weight excluding hydrogens is 238 g/mol. The number of benzene rings is 1. The van der Waals surface area contributed by atoms with E-state index in [0.717, 1.165) is 18.0 Å². The number of fused-ring (bicyclic) bond motifs is 3. The Balaban J connectivity index is 1.78. The molecule has 4 heteroatoms. The Kier molecular flexibility index (Phi) is 3.37. The summed E-state index contributed by atoms with van der Waals surface area (Å²) in [5.41, 5.74) is 7.30. The van der Waals surface area contributed by atoms with E-state index in [9.17, 15) is 0 Å². The van der Waals surface area contributed by atoms with Crippen LogP contribution < -0.4 is 15.8 Å². The van der Waals surface area contributed by atoms with Gasteiger partial charge in [0.25, 0.3) is 0 Å². The molecular formula is C15H23N3O. The predicted octanol–water partition coefficient (Wildman–Crippen LogP) is 1.53. The molecule has 0 aliphatic carbocycles. The first kappa shape index (κ1) is 12.8. The van der Waals surface area contributed by atoms with Gasteiger partial charge in [0.15, 0.2) is 0 Å². The second-order valence-electron chi connectivity index (χ2n) is 5.76. The molecule has 4 nitrogen and oxygen atoms in total. The summed E-state index contributed by atoms with van der Waals surface area (Å²) in [6.45, 7) is 4.23. The van der Waals surface area contributed by atoms with Gasteiger partial charge in [-0.2, -0.15) is 0 Å². The van der Waals surface area contributed by atoms with E-state index in [1.165, 1.54) is 25.9 Å². The fraction of sp³-hybridized carbons (Fsp3) is 0.600. The van der Waals surface area contributed by atoms with E-state index in [2.05, 4.69) is 22.3 Å². The Morgan fingerprint density at radius 1 is 1.32 bits per heavy atom. The molecule has 1 unspecified atom stereocenters. The molecule has 3 fully saturated rings. The summed E-state index contributed by atoms with van der Waals surface area (Å²) in [5.74, 6) is 1.59. The molecule has 1 atom stereocenters. The van der Waals surface area contributed by atoms with Gasteiger partial charge in [0, 0.05) is 18.8 Å². The van der Waals surface area contributed by atoms with Crippen LogP contribution in [0.2, 0.25) is 0 Å². The fourth-order valence-corrected chi connectivity index (χ4v) is 3.56. The summed E-state index contributed by atoms with van der Waals surface area (Å²) >= 11 is 0. The maximum absolute atomic E-state index is 6.11. The Morgan fingerprint density at radius 3 is 2.47 bits per heavy atom. The largest absolute Gasteiger partial charge is 0.497 e. The molecule has 0 aromatic heterocycles. The molecule has 19 heavy (non-hydrogen) atoms. The van der Waals surface area contributed by atoms with Crippen LogP contribution in [0.4, 0.5) is 5.69 Å². The van der Waals surface area contributed by atoms with Crippen LogP contribution in [0.5, 0.6) is 5.75 Å². The van der Waals surface area contributed by atoms with Gasteiger partial charge in [0.05, 0.1) is 12.6 Å². The Bertz CT molecular complexity index is 426. The number of nitrogens with two attached hydrogens (primary N) is 1. The molecule has 3 aliphatic heterocycles. The SMILES string of the molecule is COc1ccc(NC2(CN)CN3CCC2CC3)cc1. The number of nitrogens with zero attached hydrogens (tertiary/aromatic N) is 1. The van der Waals surface area contributed by atoms with Crippen LogP contribution in [0.15, 0.2) is 24.3 Å². The van der Waals surface area contributed by atoms with E-state index in [4.69, 9.17) is 10.5 Å². The number of hydrogen-bond acceptors (Lipinski definition) is 4. The van der Waals surface area contributed by atoms with Crippen molar-refractivity contribution in [2.24, 2.45) is 11.7 Å². The highest BCUT2D eigenvalue weighted by Crippen LogP contribution is 2.37. The van der Waals surface area contributed by atoms with E-state index in [1.807, 2.05) is 12.1 Å². The van der Waals surface area contributed by atoms with E-state index < -0.39 is 0 Å². The highest BCUT2D eigenvalue weighted by Gasteiger charge is 2.45. The Morgan fingerprint density at radius 2 is 2.00 bits per heavy atom. The standard InChI is InChI=1S/C15H23N3O/c1-19-14-4-2-13(3-5-14)17-15(10-16)11-18-8-6-12(15)7-9-18/h2-5,12,17H,6-11,16H2,1H3. The molecule has 2 bridgehead atoms. The molecule has 104 valence electrons. The van der Waals surface area contributed by atoms with E-state index in [1.54, 1.807) is 7.11 Å². The molecule has 0 amide bonds. The van der Waals surface area contributed by atoms with Gasteiger partial charge in [0.1, 0.15) is 5.75 Å². The summed E-state index contributed by atoms with van der Waals surface area (Å²) in [6, 6.07) is 8.14. The van der Waals surface area contributed by atoms with Gasteiger partial charge >= 0.3 is 0 Å². The number of methoxy groups -OCH3 is 1. The van der Waals surface area contributed by atoms with E-state index in [-0.39, 0.29) is 5.54 Å². The number of nitrogens with one attached hydrogen (secondary N) is 1. The average molecular weight is 261 g/mol. The van der Waals surface area contributed by atoms with Gasteiger partial charge in [-0.15, -0.1) is 0 Å². The van der Waals surface area contributed by atoms with Crippen molar-refractivity contribution in [1.82, 2.24) is 4.90 Å². The molecule has 1 aromatic carbocycles. The number of piperidine rings is 3. The number of hydrogen-bond donors (Lipinski definition) is 2. The monoisotopic (exact) mass is 261 g/mol. The predicted molar refractivity (Wildman–Crippen MR) is 77.6 cm³/mol. The lowest BCUT2D eigenvalue weighted by molar-refractivity contribution is 0.0449. The van der Waals surface area contributed by atoms with Gasteiger partial charge in [-0.1, -0.05) is 0 Å². The van der Waals surface area contributed by atoms with Crippen molar-refractivity contribution in [2.45, 2.75) is 18.4 Å². The molecule has 4 rings (SSSR count). The molecule has 1 aromatic rings. The summed E-state index contributed by atoms with van der Waals surface area (Å²) in [4.78, 5) is 2.53. The summed E-state index contributed by atoms with van der Waals surface area (Å²) in [5, 5.41) is 3.70. The minimum absolute atomic E-state index is 0.0467. The van der Waals surface area contributed by atoms with E-state index >= 15 is 0 Å². The van der Waals surface area contributed by atoms with Gasteiger partial charge in [0.2, 0.25) is 0 Å². The molecule has 3 aliphatic rings. The lowest BCUT2D eigenvalue weighted by atomic mass is 9.72. The van der Waals surface area contributed by atoms with Gasteiger partial charge in [-0.3, -0.25) is 0 Å². The second kappa shape index (κ2) is 5.02. The third kappa shape index (κ3) is 2.30. The highest BCUT2D eigenvalue weighted by atomic mass is 16.5. The van der Waals surface area contributed by atoms with Crippen molar-refractivity contribution in [2.75, 3.05) is 38.6 Å². The molecule has 0 saturated carbocycles. The van der Waals surface area contributed by atoms with Crippen molar-refractivity contribution in [1.29, 1.82) is 0 Å². The molecule has 3 heterocycles. The maximum atomic E-state index is 6.11. The van der Waals surface area contributed by atoms with Crippen LogP contribution >= 0.6 is 0 Å².